The van der Waals surface area contributed by atoms with E-state index in [0.29, 0.717) is 12.8 Å². The van der Waals surface area contributed by atoms with Crippen molar-refractivity contribution in [3.8, 4) is 0 Å². The van der Waals surface area contributed by atoms with Crippen molar-refractivity contribution in [2.24, 2.45) is 0 Å². The third-order valence-electron chi connectivity index (χ3n) is 5.28. The predicted octanol–water partition coefficient (Wildman–Crippen LogP) is 3.06. The molecule has 0 unspecified atom stereocenters. The van der Waals surface area contributed by atoms with Crippen molar-refractivity contribution in [2.75, 3.05) is 7.11 Å². The zero-order valence-corrected chi connectivity index (χ0v) is 18.3. The minimum absolute atomic E-state index is 0.0973. The normalized spacial score (nSPS) is 21.3. The minimum atomic E-state index is -3.88. The number of methoxy groups -OCH3 is 1. The molecule has 1 aliphatic heterocycles. The molecule has 0 amide bonds. The molecule has 3 atom stereocenters. The smallest absolute Gasteiger partial charge is 0.339 e. The Morgan fingerprint density at radius 1 is 1.06 bits per heavy atom. The summed E-state index contributed by atoms with van der Waals surface area (Å²) in [7, 11) is -2.54. The summed E-state index contributed by atoms with van der Waals surface area (Å²) in [6.45, 7) is 3.76. The monoisotopic (exact) mass is 447 g/mol. The van der Waals surface area contributed by atoms with Crippen molar-refractivity contribution in [1.29, 1.82) is 0 Å². The van der Waals surface area contributed by atoms with Crippen LogP contribution in [0.15, 0.2) is 53.4 Å². The number of aryl methyl sites for hydroxylation is 1. The number of hydrogen-bond acceptors (Lipinski definition) is 6. The van der Waals surface area contributed by atoms with Gasteiger partial charge in [-0.2, -0.15) is 4.31 Å². The average Bonchev–Trinajstić information content (AvgIpc) is 2.74. The highest BCUT2D eigenvalue weighted by molar-refractivity contribution is 7.89. The van der Waals surface area contributed by atoms with E-state index >= 15 is 0 Å². The molecular weight excluding hydrogens is 422 g/mol. The van der Waals surface area contributed by atoms with Crippen LogP contribution in [-0.4, -0.2) is 55.3 Å². The maximum absolute atomic E-state index is 13.3. The van der Waals surface area contributed by atoms with Crippen LogP contribution in [-0.2, 0) is 19.5 Å². The first-order valence-corrected chi connectivity index (χ1v) is 11.3. The minimum Gasteiger partial charge on any atom is -0.478 e. The third kappa shape index (κ3) is 4.34. The highest BCUT2D eigenvalue weighted by Crippen LogP contribution is 2.38. The Hall–Kier alpha value is -2.75. The Morgan fingerprint density at radius 2 is 1.68 bits per heavy atom. The molecule has 1 aliphatic rings. The van der Waals surface area contributed by atoms with E-state index in [1.165, 1.54) is 47.8 Å². The van der Waals surface area contributed by atoms with Gasteiger partial charge in [0.2, 0.25) is 10.0 Å². The van der Waals surface area contributed by atoms with Gasteiger partial charge in [0.25, 0.3) is 0 Å². The number of carbonyl (C=O) groups is 2. The topological polar surface area (TPSA) is 110 Å². The van der Waals surface area contributed by atoms with E-state index in [-0.39, 0.29) is 16.0 Å². The molecule has 1 fully saturated rings. The number of aromatic carboxylic acids is 1. The van der Waals surface area contributed by atoms with Gasteiger partial charge in [-0.25, -0.2) is 18.0 Å². The summed E-state index contributed by atoms with van der Waals surface area (Å²) in [5.41, 5.74) is 0.650. The zero-order chi connectivity index (χ0) is 22.8. The Balaban J connectivity index is 1.89. The van der Waals surface area contributed by atoms with Crippen molar-refractivity contribution < 1.29 is 32.6 Å². The van der Waals surface area contributed by atoms with Crippen LogP contribution in [0.25, 0.3) is 0 Å². The fourth-order valence-electron chi connectivity index (χ4n) is 3.71. The number of nitrogens with zero attached hydrogens (tertiary/aromatic N) is 1. The van der Waals surface area contributed by atoms with Crippen molar-refractivity contribution in [1.82, 2.24) is 4.31 Å². The van der Waals surface area contributed by atoms with E-state index in [1.807, 2.05) is 13.8 Å². The van der Waals surface area contributed by atoms with Crippen molar-refractivity contribution in [3.63, 3.8) is 0 Å². The molecule has 2 aromatic carbocycles. The van der Waals surface area contributed by atoms with E-state index in [9.17, 15) is 23.1 Å². The van der Waals surface area contributed by atoms with Crippen LogP contribution < -0.4 is 0 Å². The maximum Gasteiger partial charge on any atom is 0.339 e. The van der Waals surface area contributed by atoms with Crippen LogP contribution in [0.3, 0.4) is 0 Å². The summed E-state index contributed by atoms with van der Waals surface area (Å²) in [4.78, 5) is 24.3. The fraction of sp³-hybridized carbons (Fsp3) is 0.364. The summed E-state index contributed by atoms with van der Waals surface area (Å²) in [6, 6.07) is 11.6. The lowest BCUT2D eigenvalue weighted by Crippen LogP contribution is -2.70. The molecule has 1 saturated heterocycles. The number of carboxylic acid groups (broad SMARTS) is 1. The molecule has 8 nitrogen and oxygen atoms in total. The van der Waals surface area contributed by atoms with E-state index in [2.05, 4.69) is 0 Å². The molecule has 2 aromatic rings. The Bertz CT molecular complexity index is 1070. The molecule has 31 heavy (non-hydrogen) atoms. The molecular formula is C22H25NO7S. The van der Waals surface area contributed by atoms with Gasteiger partial charge in [-0.05, 0) is 37.6 Å². The summed E-state index contributed by atoms with van der Waals surface area (Å²) in [5.74, 6) is -2.09. The summed E-state index contributed by atoms with van der Waals surface area (Å²) in [5, 5.41) is 9.33. The van der Waals surface area contributed by atoms with Crippen LogP contribution in [0.2, 0.25) is 0 Å². The summed E-state index contributed by atoms with van der Waals surface area (Å²) >= 11 is 0. The van der Waals surface area contributed by atoms with Gasteiger partial charge in [-0.15, -0.1) is 0 Å². The predicted molar refractivity (Wildman–Crippen MR) is 112 cm³/mol. The molecule has 0 saturated carbocycles. The SMILES string of the molecule is CCC[C@@H]1[C@@H](OC(=O)c2ccccc2C(=O)O)[C@H](OC)N1S(=O)(=O)c1ccc(C)cc1. The second-order valence-corrected chi connectivity index (χ2v) is 9.19. The molecule has 0 radical (unpaired) electrons. The van der Waals surface area contributed by atoms with Gasteiger partial charge >= 0.3 is 11.9 Å². The van der Waals surface area contributed by atoms with Crippen molar-refractivity contribution >= 4 is 22.0 Å². The highest BCUT2D eigenvalue weighted by Gasteiger charge is 2.57. The molecule has 0 aliphatic carbocycles. The van der Waals surface area contributed by atoms with E-state index in [1.54, 1.807) is 12.1 Å². The summed E-state index contributed by atoms with van der Waals surface area (Å²) < 4.78 is 38.7. The number of benzene rings is 2. The number of sulfonamides is 1. The molecule has 9 heteroatoms. The van der Waals surface area contributed by atoms with Gasteiger partial charge in [0.05, 0.1) is 22.1 Å². The largest absolute Gasteiger partial charge is 0.478 e. The van der Waals surface area contributed by atoms with Gasteiger partial charge in [-0.1, -0.05) is 43.2 Å². The molecule has 1 heterocycles. The van der Waals surface area contributed by atoms with E-state index in [4.69, 9.17) is 9.47 Å². The van der Waals surface area contributed by atoms with Crippen LogP contribution in [0.4, 0.5) is 0 Å². The third-order valence-corrected chi connectivity index (χ3v) is 7.18. The first-order valence-electron chi connectivity index (χ1n) is 9.88. The Morgan fingerprint density at radius 3 is 2.23 bits per heavy atom. The molecule has 0 aromatic heterocycles. The van der Waals surface area contributed by atoms with Crippen molar-refractivity contribution in [3.05, 3.63) is 65.2 Å². The number of rotatable bonds is 8. The zero-order valence-electron chi connectivity index (χ0n) is 17.5. The van der Waals surface area contributed by atoms with Crippen LogP contribution in [0.5, 0.6) is 0 Å². The van der Waals surface area contributed by atoms with Crippen molar-refractivity contribution in [2.45, 2.75) is 50.0 Å². The Labute approximate surface area is 181 Å². The standard InChI is InChI=1S/C22H25NO7S/c1-4-7-18-19(30-22(26)17-9-6-5-8-16(17)21(24)25)20(29-3)23(18)31(27,28)15-12-10-14(2)11-13-15/h5-6,8-13,18-20H,4,7H2,1-3H3,(H,24,25)/t18-,19-,20+/m1/s1. The van der Waals surface area contributed by atoms with Gasteiger partial charge in [0, 0.05) is 7.11 Å². The first-order chi connectivity index (χ1) is 14.7. The number of carboxylic acids is 1. The average molecular weight is 448 g/mol. The highest BCUT2D eigenvalue weighted by atomic mass is 32.2. The van der Waals surface area contributed by atoms with Gasteiger partial charge in [0.1, 0.15) is 0 Å². The molecule has 0 spiro atoms. The van der Waals surface area contributed by atoms with Crippen LogP contribution in [0, 0.1) is 6.92 Å². The second-order valence-electron chi connectivity index (χ2n) is 7.35. The summed E-state index contributed by atoms with van der Waals surface area (Å²) in [6.07, 6.45) is -0.770. The maximum atomic E-state index is 13.3. The molecule has 166 valence electrons. The van der Waals surface area contributed by atoms with E-state index < -0.39 is 40.3 Å². The lowest BCUT2D eigenvalue weighted by atomic mass is 9.95. The van der Waals surface area contributed by atoms with Crippen LogP contribution >= 0.6 is 0 Å². The number of ether oxygens (including phenoxy) is 2. The number of esters is 1. The number of carbonyl (C=O) groups excluding carboxylic acids is 1. The van der Waals surface area contributed by atoms with E-state index in [0.717, 1.165) is 5.56 Å². The van der Waals surface area contributed by atoms with Gasteiger partial charge in [-0.3, -0.25) is 0 Å². The molecule has 3 rings (SSSR count). The second kappa shape index (κ2) is 9.17. The van der Waals surface area contributed by atoms with Crippen LogP contribution in [0.1, 0.15) is 46.0 Å². The lowest BCUT2D eigenvalue weighted by Gasteiger charge is -2.51. The lowest BCUT2D eigenvalue weighted by molar-refractivity contribution is -0.187. The first kappa shape index (κ1) is 22.9. The van der Waals surface area contributed by atoms with Gasteiger partial charge < -0.3 is 14.6 Å². The molecule has 1 N–H and O–H groups in total. The van der Waals surface area contributed by atoms with Gasteiger partial charge in [0.15, 0.2) is 12.3 Å². The molecule has 0 bridgehead atoms. The fourth-order valence-corrected chi connectivity index (χ4v) is 5.50. The Kier molecular flexibility index (Phi) is 6.78. The quantitative estimate of drug-likeness (QED) is 0.619. The number of hydrogen-bond donors (Lipinski definition) is 1.